The second kappa shape index (κ2) is 4.72. The van der Waals surface area contributed by atoms with Crippen molar-refractivity contribution in [2.24, 2.45) is 0 Å². The molecule has 1 heterocycles. The molecule has 0 aliphatic rings. The lowest BCUT2D eigenvalue weighted by Crippen LogP contribution is -2.35. The van der Waals surface area contributed by atoms with Crippen molar-refractivity contribution in [1.29, 1.82) is 0 Å². The van der Waals surface area contributed by atoms with Crippen LogP contribution in [0.4, 0.5) is 0 Å². The third-order valence-electron chi connectivity index (χ3n) is 3.02. The van der Waals surface area contributed by atoms with E-state index in [1.807, 2.05) is 12.1 Å². The first-order valence-electron chi connectivity index (χ1n) is 5.75. The molecule has 0 aliphatic heterocycles. The fourth-order valence-corrected chi connectivity index (χ4v) is 1.68. The molecule has 1 aromatic carbocycles. The van der Waals surface area contributed by atoms with Crippen molar-refractivity contribution >= 4 is 5.97 Å². The van der Waals surface area contributed by atoms with Crippen molar-refractivity contribution in [1.82, 2.24) is 14.8 Å². The number of carboxylic acids is 1. The summed E-state index contributed by atoms with van der Waals surface area (Å²) in [5.74, 6) is 0.296. The van der Waals surface area contributed by atoms with Crippen LogP contribution in [0.5, 0.6) is 5.75 Å². The average molecular weight is 261 g/mol. The number of carboxylic acid groups (broad SMARTS) is 1. The van der Waals surface area contributed by atoms with Crippen LogP contribution in [0.25, 0.3) is 11.4 Å². The standard InChI is InChI=1S/C13H15N3O3/c1-13(2,12(17)18)16-8-14-15-11(16)9-4-6-10(19-3)7-5-9/h4-8H,1-3H3,(H,17,18). The number of carbonyl (C=O) groups is 1. The smallest absolute Gasteiger partial charge is 0.329 e. The predicted molar refractivity (Wildman–Crippen MR) is 69.0 cm³/mol. The summed E-state index contributed by atoms with van der Waals surface area (Å²) in [6.07, 6.45) is 1.42. The van der Waals surface area contributed by atoms with Gasteiger partial charge in [0.15, 0.2) is 5.82 Å². The van der Waals surface area contributed by atoms with Gasteiger partial charge < -0.3 is 9.84 Å². The van der Waals surface area contributed by atoms with E-state index >= 15 is 0 Å². The maximum atomic E-state index is 11.3. The highest BCUT2D eigenvalue weighted by Crippen LogP contribution is 2.25. The van der Waals surface area contributed by atoms with Crippen LogP contribution in [0, 0.1) is 0 Å². The number of hydrogen-bond donors (Lipinski definition) is 1. The zero-order chi connectivity index (χ0) is 14.0. The van der Waals surface area contributed by atoms with Gasteiger partial charge in [-0.3, -0.25) is 4.57 Å². The van der Waals surface area contributed by atoms with Gasteiger partial charge in [-0.25, -0.2) is 4.79 Å². The van der Waals surface area contributed by atoms with E-state index in [9.17, 15) is 9.90 Å². The van der Waals surface area contributed by atoms with Gasteiger partial charge in [-0.05, 0) is 38.1 Å². The SMILES string of the molecule is COc1ccc(-c2nncn2C(C)(C)C(=O)O)cc1. The summed E-state index contributed by atoms with van der Waals surface area (Å²) in [5.41, 5.74) is -0.328. The monoisotopic (exact) mass is 261 g/mol. The number of rotatable bonds is 4. The Bertz CT molecular complexity index is 587. The summed E-state index contributed by atoms with van der Waals surface area (Å²) in [6, 6.07) is 7.22. The highest BCUT2D eigenvalue weighted by atomic mass is 16.5. The molecule has 1 aromatic heterocycles. The highest BCUT2D eigenvalue weighted by molar-refractivity contribution is 5.76. The molecular formula is C13H15N3O3. The first kappa shape index (κ1) is 13.1. The molecule has 0 spiro atoms. The molecular weight excluding hydrogens is 246 g/mol. The van der Waals surface area contributed by atoms with E-state index in [4.69, 9.17) is 4.74 Å². The summed E-state index contributed by atoms with van der Waals surface area (Å²) in [4.78, 5) is 11.3. The van der Waals surface area contributed by atoms with Crippen LogP contribution in [0.15, 0.2) is 30.6 Å². The second-order valence-corrected chi connectivity index (χ2v) is 4.62. The number of methoxy groups -OCH3 is 1. The van der Waals surface area contributed by atoms with E-state index in [0.717, 1.165) is 11.3 Å². The van der Waals surface area contributed by atoms with Crippen molar-refractivity contribution in [2.75, 3.05) is 7.11 Å². The third kappa shape index (κ3) is 2.29. The Morgan fingerprint density at radius 3 is 2.47 bits per heavy atom. The second-order valence-electron chi connectivity index (χ2n) is 4.62. The largest absolute Gasteiger partial charge is 0.497 e. The van der Waals surface area contributed by atoms with Crippen molar-refractivity contribution in [3.8, 4) is 17.1 Å². The number of benzene rings is 1. The quantitative estimate of drug-likeness (QED) is 0.907. The first-order valence-corrected chi connectivity index (χ1v) is 5.75. The fourth-order valence-electron chi connectivity index (χ4n) is 1.68. The van der Waals surface area contributed by atoms with E-state index in [1.165, 1.54) is 10.9 Å². The molecule has 0 radical (unpaired) electrons. The molecule has 0 amide bonds. The van der Waals surface area contributed by atoms with Crippen LogP contribution in [-0.4, -0.2) is 33.0 Å². The Balaban J connectivity index is 2.46. The molecule has 6 nitrogen and oxygen atoms in total. The maximum absolute atomic E-state index is 11.3. The highest BCUT2D eigenvalue weighted by Gasteiger charge is 2.32. The topological polar surface area (TPSA) is 77.2 Å². The Morgan fingerprint density at radius 1 is 1.32 bits per heavy atom. The summed E-state index contributed by atoms with van der Waals surface area (Å²) >= 11 is 0. The van der Waals surface area contributed by atoms with E-state index in [-0.39, 0.29) is 0 Å². The number of nitrogens with zero attached hydrogens (tertiary/aromatic N) is 3. The number of aromatic nitrogens is 3. The van der Waals surface area contributed by atoms with Crippen LogP contribution in [0.3, 0.4) is 0 Å². The minimum atomic E-state index is -1.11. The Hall–Kier alpha value is -2.37. The maximum Gasteiger partial charge on any atom is 0.329 e. The summed E-state index contributed by atoms with van der Waals surface area (Å²) in [6.45, 7) is 3.21. The number of hydrogen-bond acceptors (Lipinski definition) is 4. The van der Waals surface area contributed by atoms with Gasteiger partial charge in [0.1, 0.15) is 17.6 Å². The molecule has 1 N–H and O–H groups in total. The van der Waals surface area contributed by atoms with Crippen molar-refractivity contribution in [3.63, 3.8) is 0 Å². The predicted octanol–water partition coefficient (Wildman–Crippen LogP) is 1.77. The van der Waals surface area contributed by atoms with Crippen LogP contribution >= 0.6 is 0 Å². The average Bonchev–Trinajstić information content (AvgIpc) is 2.88. The lowest BCUT2D eigenvalue weighted by molar-refractivity contribution is -0.145. The van der Waals surface area contributed by atoms with Crippen molar-refractivity contribution in [2.45, 2.75) is 19.4 Å². The molecule has 19 heavy (non-hydrogen) atoms. The minimum absolute atomic E-state index is 0.509. The molecule has 0 fully saturated rings. The van der Waals surface area contributed by atoms with Gasteiger partial charge in [0.05, 0.1) is 7.11 Å². The number of aliphatic carboxylic acids is 1. The molecule has 2 rings (SSSR count). The normalized spacial score (nSPS) is 11.3. The molecule has 0 saturated carbocycles. The van der Waals surface area contributed by atoms with Gasteiger partial charge in [0.25, 0.3) is 0 Å². The molecule has 0 bridgehead atoms. The van der Waals surface area contributed by atoms with Gasteiger partial charge in [0.2, 0.25) is 0 Å². The lowest BCUT2D eigenvalue weighted by Gasteiger charge is -2.22. The molecule has 0 atom stereocenters. The summed E-state index contributed by atoms with van der Waals surface area (Å²) in [7, 11) is 1.59. The van der Waals surface area contributed by atoms with Crippen molar-refractivity contribution < 1.29 is 14.6 Å². The first-order chi connectivity index (χ1) is 8.96. The van der Waals surface area contributed by atoms with Crippen LogP contribution in [0.2, 0.25) is 0 Å². The van der Waals surface area contributed by atoms with Gasteiger partial charge in [-0.15, -0.1) is 10.2 Å². The molecule has 0 unspecified atom stereocenters. The van der Waals surface area contributed by atoms with Crippen LogP contribution in [-0.2, 0) is 10.3 Å². The fraction of sp³-hybridized carbons (Fsp3) is 0.308. The Labute approximate surface area is 110 Å². The third-order valence-corrected chi connectivity index (χ3v) is 3.02. The van der Waals surface area contributed by atoms with Crippen LogP contribution in [0.1, 0.15) is 13.8 Å². The Morgan fingerprint density at radius 2 is 1.95 bits per heavy atom. The van der Waals surface area contributed by atoms with E-state index in [2.05, 4.69) is 10.2 Å². The zero-order valence-corrected chi connectivity index (χ0v) is 11.0. The van der Waals surface area contributed by atoms with Gasteiger partial charge >= 0.3 is 5.97 Å². The summed E-state index contributed by atoms with van der Waals surface area (Å²) in [5, 5.41) is 17.1. The molecule has 0 aliphatic carbocycles. The summed E-state index contributed by atoms with van der Waals surface area (Å²) < 4.78 is 6.62. The van der Waals surface area contributed by atoms with Gasteiger partial charge in [0, 0.05) is 5.56 Å². The van der Waals surface area contributed by atoms with E-state index in [0.29, 0.717) is 5.82 Å². The van der Waals surface area contributed by atoms with Crippen LogP contribution < -0.4 is 4.74 Å². The van der Waals surface area contributed by atoms with E-state index in [1.54, 1.807) is 33.1 Å². The molecule has 0 saturated heterocycles. The van der Waals surface area contributed by atoms with Gasteiger partial charge in [-0.2, -0.15) is 0 Å². The number of ether oxygens (including phenoxy) is 1. The molecule has 100 valence electrons. The Kier molecular flexibility index (Phi) is 3.25. The minimum Gasteiger partial charge on any atom is -0.497 e. The lowest BCUT2D eigenvalue weighted by atomic mass is 10.0. The zero-order valence-electron chi connectivity index (χ0n) is 11.0. The van der Waals surface area contributed by atoms with Gasteiger partial charge in [-0.1, -0.05) is 0 Å². The van der Waals surface area contributed by atoms with Crippen molar-refractivity contribution in [3.05, 3.63) is 30.6 Å². The van der Waals surface area contributed by atoms with E-state index < -0.39 is 11.5 Å². The molecule has 2 aromatic rings. The molecule has 6 heteroatoms.